The van der Waals surface area contributed by atoms with E-state index in [1.807, 2.05) is 39.0 Å². The summed E-state index contributed by atoms with van der Waals surface area (Å²) in [6, 6.07) is 0. The monoisotopic (exact) mass is 836 g/mol. The van der Waals surface area contributed by atoms with Crippen molar-refractivity contribution in [2.24, 2.45) is 29.6 Å². The van der Waals surface area contributed by atoms with Gasteiger partial charge in [-0.05, 0) is 81.8 Å². The van der Waals surface area contributed by atoms with Crippen molar-refractivity contribution in [3.05, 3.63) is 102 Å². The molecule has 8 bridgehead atoms. The normalized spacial score (nSPS) is 21.7. The van der Waals surface area contributed by atoms with Crippen molar-refractivity contribution in [2.75, 3.05) is 13.7 Å². The van der Waals surface area contributed by atoms with Crippen LogP contribution in [0.1, 0.15) is 159 Å². The molecule has 3 aliphatic rings. The van der Waals surface area contributed by atoms with Crippen molar-refractivity contribution in [1.82, 2.24) is 15.0 Å². The summed E-state index contributed by atoms with van der Waals surface area (Å²) in [6.07, 6.45) is 18.2. The van der Waals surface area contributed by atoms with E-state index in [-0.39, 0.29) is 53.9 Å². The van der Waals surface area contributed by atoms with Gasteiger partial charge in [0.25, 0.3) is 0 Å². The Morgan fingerprint density at radius 2 is 1.62 bits per heavy atom. The number of nitrogens with zero attached hydrogens (tertiary/aromatic N) is 4. The van der Waals surface area contributed by atoms with Gasteiger partial charge in [-0.2, -0.15) is 11.4 Å². The minimum Gasteiger partial charge on any atom is -0.664 e. The summed E-state index contributed by atoms with van der Waals surface area (Å²) in [6.45, 7) is 21.0. The number of methoxy groups -OCH3 is 1. The standard InChI is InChI=1S/C50H61N4O6.Mg/c1-11-33-30(7)37-23-38-31(8)35(19-20-43(56)60-22-21-29(6)18-14-17-28(5)16-13-15-27(3)4)47(53-38)45-46(50(58)59-10)49(57)44-32(9)39(54-48(44)45)24-41-34(12-2)36(26-55)42(52-41)25-40(33)51-37;/h11,21,23-28,31,35,46H,1,12-20,22H2,2-10H3,(H-,53,54,55,57);/q-3;+2/p-1/b29-21+,38-23+,42-25-;/t28-,31-,35-,46+;/m0./s1. The van der Waals surface area contributed by atoms with Gasteiger partial charge in [-0.3, -0.25) is 19.2 Å². The maximum Gasteiger partial charge on any atom is 2.00 e. The second kappa shape index (κ2) is 20.5. The molecule has 1 saturated heterocycles. The second-order valence-electron chi connectivity index (χ2n) is 17.3. The van der Waals surface area contributed by atoms with Gasteiger partial charge in [0.15, 0.2) is 5.78 Å². The van der Waals surface area contributed by atoms with Crippen molar-refractivity contribution in [3.8, 4) is 0 Å². The predicted molar refractivity (Wildman–Crippen MR) is 242 cm³/mol. The summed E-state index contributed by atoms with van der Waals surface area (Å²) in [5, 5.41) is 6.24. The molecule has 0 spiro atoms. The molecule has 61 heavy (non-hydrogen) atoms. The molecule has 0 amide bonds. The zero-order valence-electron chi connectivity index (χ0n) is 37.6. The van der Waals surface area contributed by atoms with E-state index in [9.17, 15) is 19.2 Å². The van der Waals surface area contributed by atoms with E-state index in [1.54, 1.807) is 19.1 Å². The Labute approximate surface area is 377 Å². The summed E-state index contributed by atoms with van der Waals surface area (Å²) < 4.78 is 11.0. The van der Waals surface area contributed by atoms with Crippen LogP contribution in [0.25, 0.3) is 35.2 Å². The third-order valence-corrected chi connectivity index (χ3v) is 12.7. The number of aromatic nitrogens is 3. The van der Waals surface area contributed by atoms with Crippen molar-refractivity contribution in [3.63, 3.8) is 0 Å². The number of ether oxygens (including phenoxy) is 2. The van der Waals surface area contributed by atoms with Crippen LogP contribution < -0.4 is 25.7 Å². The molecule has 4 atom stereocenters. The first-order valence-electron chi connectivity index (χ1n) is 21.6. The Morgan fingerprint density at radius 3 is 2.30 bits per heavy atom. The molecule has 0 aromatic carbocycles. The zero-order valence-corrected chi connectivity index (χ0v) is 39.0. The van der Waals surface area contributed by atoms with Crippen LogP contribution in [-0.4, -0.2) is 60.8 Å². The first-order valence-corrected chi connectivity index (χ1v) is 21.6. The van der Waals surface area contributed by atoms with Gasteiger partial charge in [-0.15, -0.1) is 33.5 Å². The fourth-order valence-electron chi connectivity index (χ4n) is 9.07. The average molecular weight is 837 g/mol. The van der Waals surface area contributed by atoms with Gasteiger partial charge in [-0.25, -0.2) is 0 Å². The Kier molecular flexibility index (Phi) is 15.9. The molecule has 6 rings (SSSR count). The molecule has 0 radical (unpaired) electrons. The SMILES string of the molecule is C=Cc1c2[n-]c(c1C)/C=C1/[N-]/C(=C3\c4[n-]c(c(C)c4C(=O)[C@@H]3C(=O)OC)/C=c3\[n-]/c(c(C=O)c3CC)=C\2)[C@@H](CCC(=O)OC/C=C(\C)CCC[C@@H](C)CCCC(C)C)[C@@H]1C.[Mg+2]. The quantitative estimate of drug-likeness (QED) is 0.0434. The molecule has 0 unspecified atom stereocenters. The van der Waals surface area contributed by atoms with Crippen molar-refractivity contribution in [1.29, 1.82) is 0 Å². The molecule has 1 aliphatic carbocycles. The number of hydrogen-bond acceptors (Lipinski definition) is 6. The Morgan fingerprint density at radius 1 is 0.918 bits per heavy atom. The molecule has 3 aromatic rings. The van der Waals surface area contributed by atoms with E-state index >= 15 is 0 Å². The largest absolute Gasteiger partial charge is 2.00 e. The smallest absolute Gasteiger partial charge is 0.664 e. The first-order chi connectivity index (χ1) is 28.7. The van der Waals surface area contributed by atoms with E-state index in [0.29, 0.717) is 85.9 Å². The summed E-state index contributed by atoms with van der Waals surface area (Å²) in [4.78, 5) is 68.6. The number of allylic oxidation sites excluding steroid dienone is 3. The van der Waals surface area contributed by atoms with Crippen LogP contribution in [0.5, 0.6) is 0 Å². The Hall–Kier alpha value is -4.61. The van der Waals surface area contributed by atoms with E-state index < -0.39 is 17.7 Å². The number of esters is 2. The number of carbonyl (C=O) groups excluding carboxylic acids is 4. The van der Waals surface area contributed by atoms with Crippen LogP contribution in [0.2, 0.25) is 0 Å². The number of aldehydes is 1. The molecule has 320 valence electrons. The molecular formula is C50H60MgN4O6-2. The fourth-order valence-corrected chi connectivity index (χ4v) is 9.07. The summed E-state index contributed by atoms with van der Waals surface area (Å²) >= 11 is 0. The van der Waals surface area contributed by atoms with Crippen molar-refractivity contribution < 1.29 is 28.7 Å². The van der Waals surface area contributed by atoms with E-state index in [4.69, 9.17) is 29.7 Å². The topological polar surface area (TPSA) is 143 Å². The number of rotatable bonds is 17. The molecule has 10 nitrogen and oxygen atoms in total. The molecular weight excluding hydrogens is 777 g/mol. The molecule has 1 fully saturated rings. The van der Waals surface area contributed by atoms with Gasteiger partial charge < -0.3 is 29.7 Å². The molecule has 0 saturated carbocycles. The summed E-state index contributed by atoms with van der Waals surface area (Å²) in [5.41, 5.74) is 8.84. The predicted octanol–water partition coefficient (Wildman–Crippen LogP) is 8.06. The van der Waals surface area contributed by atoms with E-state index in [1.165, 1.54) is 38.4 Å². The third kappa shape index (κ3) is 9.88. The van der Waals surface area contributed by atoms with Gasteiger partial charge in [0.05, 0.1) is 7.11 Å². The summed E-state index contributed by atoms with van der Waals surface area (Å²) in [5.74, 6) is -1.83. The zero-order chi connectivity index (χ0) is 43.4. The molecule has 2 aliphatic heterocycles. The average Bonchev–Trinajstić information content (AvgIpc) is 3.96. The van der Waals surface area contributed by atoms with E-state index in [0.717, 1.165) is 41.7 Å². The first kappa shape index (κ1) is 47.4. The van der Waals surface area contributed by atoms with Gasteiger partial charge >= 0.3 is 35.0 Å². The maximum absolute atomic E-state index is 14.3. The summed E-state index contributed by atoms with van der Waals surface area (Å²) in [7, 11) is 1.27. The van der Waals surface area contributed by atoms with Gasteiger partial charge in [0.1, 0.15) is 18.8 Å². The van der Waals surface area contributed by atoms with Crippen LogP contribution in [0, 0.1) is 43.4 Å². The van der Waals surface area contributed by atoms with Gasteiger partial charge in [0.2, 0.25) is 0 Å². The third-order valence-electron chi connectivity index (χ3n) is 12.7. The molecule has 11 heteroatoms. The second-order valence-corrected chi connectivity index (χ2v) is 17.3. The molecule has 3 aromatic heterocycles. The van der Waals surface area contributed by atoms with Crippen LogP contribution in [-0.2, 0) is 25.5 Å². The van der Waals surface area contributed by atoms with Crippen LogP contribution in [0.4, 0.5) is 0 Å². The maximum atomic E-state index is 14.3. The minimum absolute atomic E-state index is 0. The Bertz CT molecular complexity index is 2400. The molecule has 0 N–H and O–H groups in total. The number of fused-ring (bicyclic) bond motifs is 7. The van der Waals surface area contributed by atoms with Crippen LogP contribution >= 0.6 is 0 Å². The van der Waals surface area contributed by atoms with Crippen molar-refractivity contribution >= 4 is 76.9 Å². The van der Waals surface area contributed by atoms with Gasteiger partial charge in [0, 0.05) is 17.5 Å². The van der Waals surface area contributed by atoms with E-state index in [2.05, 4.69) is 34.3 Å². The molecule has 5 heterocycles. The van der Waals surface area contributed by atoms with Crippen LogP contribution in [0.3, 0.4) is 0 Å². The number of carbonyl (C=O) groups is 4. The minimum atomic E-state index is -1.26. The Balaban J connectivity index is 0.00000704. The number of ketones is 1. The van der Waals surface area contributed by atoms with Crippen LogP contribution in [0.15, 0.2) is 29.6 Å². The number of hydrogen-bond donors (Lipinski definition) is 0. The van der Waals surface area contributed by atoms with Crippen molar-refractivity contribution in [2.45, 2.75) is 113 Å². The fraction of sp³-hybridized carbons (Fsp3) is 0.480. The number of Topliss-reactive ketones (excluding diaryl/α,β-unsaturated/α-hetero) is 1. The van der Waals surface area contributed by atoms with Gasteiger partial charge in [-0.1, -0.05) is 119 Å².